The zero-order valence-corrected chi connectivity index (χ0v) is 9.74. The first-order chi connectivity index (χ1) is 7.70. The van der Waals surface area contributed by atoms with Crippen molar-refractivity contribution in [1.29, 1.82) is 0 Å². The van der Waals surface area contributed by atoms with Crippen molar-refractivity contribution in [3.8, 4) is 0 Å². The Kier molecular flexibility index (Phi) is 3.40. The van der Waals surface area contributed by atoms with Crippen molar-refractivity contribution in [1.82, 2.24) is 9.88 Å². The van der Waals surface area contributed by atoms with Crippen LogP contribution in [0.1, 0.15) is 23.3 Å². The smallest absolute Gasteiger partial charge is 0.273 e. The first kappa shape index (κ1) is 11.3. The fraction of sp³-hybridized carbons (Fsp3) is 0.600. The molecule has 16 heavy (non-hydrogen) atoms. The molecule has 1 saturated heterocycles. The zero-order valence-electron chi connectivity index (χ0n) is 8.93. The van der Waals surface area contributed by atoms with E-state index in [1.807, 2.05) is 0 Å². The van der Waals surface area contributed by atoms with E-state index in [1.165, 1.54) is 11.3 Å². The van der Waals surface area contributed by atoms with Gasteiger partial charge in [0, 0.05) is 25.1 Å². The second-order valence-corrected chi connectivity index (χ2v) is 4.90. The monoisotopic (exact) mass is 241 g/mol. The molecule has 2 heterocycles. The number of nitrogen functional groups attached to an aromatic ring is 1. The lowest BCUT2D eigenvalue weighted by atomic mass is 9.99. The highest BCUT2D eigenvalue weighted by Gasteiger charge is 2.25. The number of thiazole rings is 1. The van der Waals surface area contributed by atoms with Crippen LogP contribution in [0.25, 0.3) is 0 Å². The van der Waals surface area contributed by atoms with Crippen molar-refractivity contribution in [3.05, 3.63) is 11.1 Å². The molecule has 0 bridgehead atoms. The summed E-state index contributed by atoms with van der Waals surface area (Å²) in [6.45, 7) is 1.50. The molecule has 88 valence electrons. The Morgan fingerprint density at radius 1 is 1.75 bits per heavy atom. The summed E-state index contributed by atoms with van der Waals surface area (Å²) in [5.74, 6) is 0.125. The number of aromatic nitrogens is 1. The van der Waals surface area contributed by atoms with Gasteiger partial charge in [0.25, 0.3) is 5.91 Å². The number of rotatable bonds is 2. The summed E-state index contributed by atoms with van der Waals surface area (Å²) in [6, 6.07) is 0. The summed E-state index contributed by atoms with van der Waals surface area (Å²) in [6.07, 6.45) is 1.93. The molecular weight excluding hydrogens is 226 g/mol. The molecule has 2 rings (SSSR count). The number of aliphatic hydroxyl groups is 1. The molecule has 0 radical (unpaired) electrons. The quantitative estimate of drug-likeness (QED) is 0.793. The Labute approximate surface area is 97.9 Å². The van der Waals surface area contributed by atoms with Crippen LogP contribution in [-0.4, -0.2) is 40.6 Å². The second-order valence-electron chi connectivity index (χ2n) is 4.01. The molecule has 0 aliphatic carbocycles. The molecule has 6 heteroatoms. The van der Waals surface area contributed by atoms with Gasteiger partial charge in [0.05, 0.1) is 0 Å². The van der Waals surface area contributed by atoms with Crippen molar-refractivity contribution in [2.45, 2.75) is 12.8 Å². The van der Waals surface area contributed by atoms with Gasteiger partial charge in [-0.15, -0.1) is 11.3 Å². The number of amides is 1. The predicted molar refractivity (Wildman–Crippen MR) is 62.2 cm³/mol. The van der Waals surface area contributed by atoms with Gasteiger partial charge in [0.1, 0.15) is 5.69 Å². The third-order valence-corrected chi connectivity index (χ3v) is 3.48. The number of carbonyl (C=O) groups excluding carboxylic acids is 1. The van der Waals surface area contributed by atoms with Gasteiger partial charge in [-0.3, -0.25) is 4.79 Å². The minimum Gasteiger partial charge on any atom is -0.396 e. The van der Waals surface area contributed by atoms with Gasteiger partial charge in [0.15, 0.2) is 5.13 Å². The molecular formula is C10H15N3O2S. The van der Waals surface area contributed by atoms with Crippen molar-refractivity contribution < 1.29 is 9.90 Å². The lowest BCUT2D eigenvalue weighted by Gasteiger charge is -2.31. The Bertz CT molecular complexity index is 380. The van der Waals surface area contributed by atoms with Gasteiger partial charge >= 0.3 is 0 Å². The molecule has 1 atom stereocenters. The van der Waals surface area contributed by atoms with E-state index in [0.29, 0.717) is 17.4 Å². The summed E-state index contributed by atoms with van der Waals surface area (Å²) in [7, 11) is 0. The highest BCUT2D eigenvalue weighted by atomic mass is 32.1. The minimum atomic E-state index is -0.0777. The summed E-state index contributed by atoms with van der Waals surface area (Å²) in [5.41, 5.74) is 5.91. The average molecular weight is 241 g/mol. The molecule has 5 nitrogen and oxygen atoms in total. The maximum Gasteiger partial charge on any atom is 0.273 e. The number of hydrogen-bond donors (Lipinski definition) is 2. The van der Waals surface area contributed by atoms with Crippen molar-refractivity contribution in [2.24, 2.45) is 5.92 Å². The third-order valence-electron chi connectivity index (χ3n) is 2.81. The van der Waals surface area contributed by atoms with E-state index >= 15 is 0 Å². The Morgan fingerprint density at radius 2 is 2.56 bits per heavy atom. The van der Waals surface area contributed by atoms with Crippen LogP contribution in [-0.2, 0) is 0 Å². The fourth-order valence-electron chi connectivity index (χ4n) is 1.95. The maximum absolute atomic E-state index is 12.0. The molecule has 1 fully saturated rings. The average Bonchev–Trinajstić information content (AvgIpc) is 2.75. The zero-order chi connectivity index (χ0) is 11.5. The number of anilines is 1. The molecule has 0 aromatic carbocycles. The summed E-state index contributed by atoms with van der Waals surface area (Å²) >= 11 is 1.27. The van der Waals surface area contributed by atoms with Crippen LogP contribution in [0.15, 0.2) is 5.38 Å². The minimum absolute atomic E-state index is 0.0777. The Balaban J connectivity index is 2.04. The molecule has 1 aromatic heterocycles. The van der Waals surface area contributed by atoms with E-state index in [2.05, 4.69) is 4.98 Å². The molecule has 0 spiro atoms. The van der Waals surface area contributed by atoms with Crippen LogP contribution in [0.2, 0.25) is 0 Å². The summed E-state index contributed by atoms with van der Waals surface area (Å²) in [4.78, 5) is 17.7. The first-order valence-corrected chi connectivity index (χ1v) is 6.20. The van der Waals surface area contributed by atoms with Gasteiger partial charge in [-0.05, 0) is 18.8 Å². The van der Waals surface area contributed by atoms with Crippen LogP contribution in [0.5, 0.6) is 0 Å². The van der Waals surface area contributed by atoms with Crippen molar-refractivity contribution in [2.75, 3.05) is 25.4 Å². The Hall–Kier alpha value is -1.14. The number of likely N-dealkylation sites (tertiary alicyclic amines) is 1. The van der Waals surface area contributed by atoms with E-state index < -0.39 is 0 Å². The molecule has 1 aromatic rings. The number of nitrogens with two attached hydrogens (primary N) is 1. The fourth-order valence-corrected chi connectivity index (χ4v) is 2.48. The molecule has 0 saturated carbocycles. The van der Waals surface area contributed by atoms with Crippen molar-refractivity contribution >= 4 is 22.4 Å². The van der Waals surface area contributed by atoms with Crippen LogP contribution in [0, 0.1) is 5.92 Å². The van der Waals surface area contributed by atoms with Gasteiger partial charge in [-0.25, -0.2) is 4.98 Å². The summed E-state index contributed by atoms with van der Waals surface area (Å²) in [5, 5.41) is 11.2. The van der Waals surface area contributed by atoms with Crippen LogP contribution in [0.4, 0.5) is 5.13 Å². The highest BCUT2D eigenvalue weighted by molar-refractivity contribution is 7.13. The lowest BCUT2D eigenvalue weighted by Crippen LogP contribution is -2.41. The molecule has 1 amide bonds. The number of aliphatic hydroxyl groups excluding tert-OH is 1. The Morgan fingerprint density at radius 3 is 3.19 bits per heavy atom. The van der Waals surface area contributed by atoms with Gasteiger partial charge in [-0.2, -0.15) is 0 Å². The van der Waals surface area contributed by atoms with Gasteiger partial charge in [0.2, 0.25) is 0 Å². The van der Waals surface area contributed by atoms with Gasteiger partial charge < -0.3 is 15.7 Å². The number of piperidine rings is 1. The van der Waals surface area contributed by atoms with E-state index in [1.54, 1.807) is 10.3 Å². The van der Waals surface area contributed by atoms with Crippen LogP contribution >= 0.6 is 11.3 Å². The number of nitrogens with zero attached hydrogens (tertiary/aromatic N) is 2. The van der Waals surface area contributed by atoms with E-state index in [0.717, 1.165) is 19.4 Å². The predicted octanol–water partition coefficient (Wildman–Crippen LogP) is 0.570. The molecule has 3 N–H and O–H groups in total. The lowest BCUT2D eigenvalue weighted by molar-refractivity contribution is 0.0616. The van der Waals surface area contributed by atoms with Crippen LogP contribution in [0.3, 0.4) is 0 Å². The van der Waals surface area contributed by atoms with Crippen molar-refractivity contribution in [3.63, 3.8) is 0 Å². The van der Waals surface area contributed by atoms with Crippen LogP contribution < -0.4 is 5.73 Å². The number of hydrogen-bond acceptors (Lipinski definition) is 5. The standard InChI is InChI=1S/C10H15N3O2S/c11-10-12-8(6-16-10)9(15)13-3-1-2-7(4-13)5-14/h6-7,14H,1-5H2,(H2,11,12). The molecule has 1 aliphatic rings. The summed E-state index contributed by atoms with van der Waals surface area (Å²) < 4.78 is 0. The van der Waals surface area contributed by atoms with E-state index in [4.69, 9.17) is 10.8 Å². The third kappa shape index (κ3) is 2.33. The topological polar surface area (TPSA) is 79.5 Å². The van der Waals surface area contributed by atoms with E-state index in [9.17, 15) is 4.79 Å². The largest absolute Gasteiger partial charge is 0.396 e. The SMILES string of the molecule is Nc1nc(C(=O)N2CCCC(CO)C2)cs1. The molecule has 1 unspecified atom stereocenters. The van der Waals surface area contributed by atoms with Gasteiger partial charge in [-0.1, -0.05) is 0 Å². The molecule has 1 aliphatic heterocycles. The second kappa shape index (κ2) is 4.80. The highest BCUT2D eigenvalue weighted by Crippen LogP contribution is 2.19. The normalized spacial score (nSPS) is 21.1. The maximum atomic E-state index is 12.0. The first-order valence-electron chi connectivity index (χ1n) is 5.32. The van der Waals surface area contributed by atoms with E-state index in [-0.39, 0.29) is 18.4 Å². The number of carbonyl (C=O) groups is 1.